The fraction of sp³-hybridized carbons (Fsp3) is 0.571. The molecule has 0 unspecified atom stereocenters. The number of Topliss-reactive ketones (excluding diaryl/α,β-unsaturated/α-hetero) is 1. The summed E-state index contributed by atoms with van der Waals surface area (Å²) >= 11 is 0. The Kier molecular flexibility index (Phi) is 5.11. The zero-order valence-corrected chi connectivity index (χ0v) is 19.4. The van der Waals surface area contributed by atoms with E-state index in [1.54, 1.807) is 24.3 Å². The highest BCUT2D eigenvalue weighted by molar-refractivity contribution is 5.98. The minimum Gasteiger partial charge on any atom is -0.508 e. The van der Waals surface area contributed by atoms with Gasteiger partial charge in [0.25, 0.3) is 0 Å². The van der Waals surface area contributed by atoms with Gasteiger partial charge in [-0.05, 0) is 109 Å². The average molecular weight is 435 g/mol. The Balaban J connectivity index is 1.42. The molecule has 5 rings (SSSR count). The van der Waals surface area contributed by atoms with Crippen LogP contribution in [0.4, 0.5) is 0 Å². The maximum Gasteiger partial charge on any atom is 0.333 e. The summed E-state index contributed by atoms with van der Waals surface area (Å²) in [5.41, 5.74) is 3.00. The number of aromatic hydroxyl groups is 1. The van der Waals surface area contributed by atoms with Crippen molar-refractivity contribution in [2.24, 2.45) is 34.5 Å². The van der Waals surface area contributed by atoms with E-state index in [-0.39, 0.29) is 34.2 Å². The van der Waals surface area contributed by atoms with E-state index in [0.29, 0.717) is 17.8 Å². The number of hydrogen-bond donors (Lipinski definition) is 1. The summed E-state index contributed by atoms with van der Waals surface area (Å²) in [5, 5.41) is 9.60. The third-order valence-corrected chi connectivity index (χ3v) is 9.68. The van der Waals surface area contributed by atoms with Gasteiger partial charge in [-0.2, -0.15) is 0 Å². The van der Waals surface area contributed by atoms with Crippen LogP contribution in [0.1, 0.15) is 69.2 Å². The second kappa shape index (κ2) is 7.60. The number of benzene rings is 1. The van der Waals surface area contributed by atoms with Crippen molar-refractivity contribution in [1.29, 1.82) is 0 Å². The van der Waals surface area contributed by atoms with Gasteiger partial charge in [-0.25, -0.2) is 4.79 Å². The third-order valence-electron chi connectivity index (χ3n) is 9.68. The van der Waals surface area contributed by atoms with E-state index in [9.17, 15) is 14.7 Å². The minimum absolute atomic E-state index is 0.0412. The highest BCUT2D eigenvalue weighted by atomic mass is 16.5. The number of phenols is 1. The second-order valence-corrected chi connectivity index (χ2v) is 10.9. The number of ether oxygens (including phenoxy) is 1. The van der Waals surface area contributed by atoms with E-state index in [4.69, 9.17) is 4.74 Å². The number of fused-ring (bicyclic) bond motifs is 5. The van der Waals surface area contributed by atoms with Crippen molar-refractivity contribution in [3.8, 4) is 5.75 Å². The van der Waals surface area contributed by atoms with Crippen LogP contribution in [0.15, 0.2) is 47.6 Å². The summed E-state index contributed by atoms with van der Waals surface area (Å²) in [7, 11) is 1.46. The topological polar surface area (TPSA) is 63.6 Å². The number of ketones is 1. The first-order valence-electron chi connectivity index (χ1n) is 12.1. The quantitative estimate of drug-likeness (QED) is 0.478. The van der Waals surface area contributed by atoms with Gasteiger partial charge < -0.3 is 9.84 Å². The lowest BCUT2D eigenvalue weighted by Gasteiger charge is -2.57. The summed E-state index contributed by atoms with van der Waals surface area (Å²) in [6.45, 7) is 4.76. The first-order chi connectivity index (χ1) is 15.3. The molecule has 1 N–H and O–H groups in total. The molecule has 0 bridgehead atoms. The predicted molar refractivity (Wildman–Crippen MR) is 123 cm³/mol. The minimum atomic E-state index is -0.197. The Bertz CT molecular complexity index is 1000. The standard InChI is InChI=1S/C28H34O4/c1-27-14-12-18(26(31)32-3)16-19(27)6-9-21-22-10-11-24(28(22,2)15-13-23(21)27)25(30)17-4-7-20(29)8-5-17/h4-8,16,21-24,29H,9-15H2,1-3H3/t21-,22-,23-,24+,27-,28-/m0/s1. The Labute approximate surface area is 190 Å². The van der Waals surface area contributed by atoms with Crippen LogP contribution in [-0.4, -0.2) is 24.0 Å². The van der Waals surface area contributed by atoms with Crippen LogP contribution >= 0.6 is 0 Å². The van der Waals surface area contributed by atoms with Crippen LogP contribution in [0.3, 0.4) is 0 Å². The van der Waals surface area contributed by atoms with E-state index >= 15 is 0 Å². The highest BCUT2D eigenvalue weighted by Gasteiger charge is 2.59. The van der Waals surface area contributed by atoms with E-state index < -0.39 is 0 Å². The van der Waals surface area contributed by atoms with Gasteiger partial charge >= 0.3 is 5.97 Å². The van der Waals surface area contributed by atoms with Crippen LogP contribution < -0.4 is 0 Å². The fourth-order valence-corrected chi connectivity index (χ4v) is 7.88. The number of esters is 1. The molecule has 0 aliphatic heterocycles. The lowest BCUT2D eigenvalue weighted by Crippen LogP contribution is -2.50. The first-order valence-corrected chi connectivity index (χ1v) is 12.1. The molecule has 1 aromatic carbocycles. The van der Waals surface area contributed by atoms with Crippen LogP contribution in [0.25, 0.3) is 0 Å². The molecule has 2 saturated carbocycles. The molecule has 0 radical (unpaired) electrons. The van der Waals surface area contributed by atoms with Gasteiger partial charge in [-0.15, -0.1) is 0 Å². The van der Waals surface area contributed by atoms with Gasteiger partial charge in [0, 0.05) is 17.1 Å². The van der Waals surface area contributed by atoms with Crippen molar-refractivity contribution >= 4 is 11.8 Å². The molecule has 4 nitrogen and oxygen atoms in total. The average Bonchev–Trinajstić information content (AvgIpc) is 3.15. The van der Waals surface area contributed by atoms with Crippen LogP contribution in [0.2, 0.25) is 0 Å². The Hall–Kier alpha value is -2.36. The molecule has 4 aliphatic rings. The summed E-state index contributed by atoms with van der Waals surface area (Å²) in [5.74, 6) is 2.09. The number of methoxy groups -OCH3 is 1. The number of allylic oxidation sites excluding steroid dienone is 3. The molecule has 1 aromatic rings. The summed E-state index contributed by atoms with van der Waals surface area (Å²) in [6, 6.07) is 6.77. The first kappa shape index (κ1) is 21.5. The molecule has 0 amide bonds. The molecular formula is C28H34O4. The predicted octanol–water partition coefficient (Wildman–Crippen LogP) is 5.86. The number of carbonyl (C=O) groups excluding carboxylic acids is 2. The van der Waals surface area contributed by atoms with Gasteiger partial charge in [0.1, 0.15) is 5.75 Å². The van der Waals surface area contributed by atoms with Crippen molar-refractivity contribution in [2.45, 2.75) is 58.8 Å². The number of carbonyl (C=O) groups is 2. The molecule has 0 spiro atoms. The Morgan fingerprint density at radius 3 is 2.50 bits per heavy atom. The van der Waals surface area contributed by atoms with Crippen molar-refractivity contribution in [2.75, 3.05) is 7.11 Å². The maximum atomic E-state index is 13.5. The molecular weight excluding hydrogens is 400 g/mol. The summed E-state index contributed by atoms with van der Waals surface area (Å²) in [6.07, 6.45) is 11.6. The molecule has 4 heteroatoms. The van der Waals surface area contributed by atoms with E-state index in [0.717, 1.165) is 56.1 Å². The number of hydrogen-bond acceptors (Lipinski definition) is 4. The Morgan fingerprint density at radius 2 is 1.78 bits per heavy atom. The zero-order chi connectivity index (χ0) is 22.7. The summed E-state index contributed by atoms with van der Waals surface area (Å²) < 4.78 is 4.98. The number of phenolic OH excluding ortho intramolecular Hbond substituents is 1. The van der Waals surface area contributed by atoms with Gasteiger partial charge in [-0.3, -0.25) is 4.79 Å². The normalized spacial score (nSPS) is 38.0. The van der Waals surface area contributed by atoms with Crippen LogP contribution in [-0.2, 0) is 9.53 Å². The fourth-order valence-electron chi connectivity index (χ4n) is 7.88. The van der Waals surface area contributed by atoms with E-state index in [1.165, 1.54) is 12.7 Å². The zero-order valence-electron chi connectivity index (χ0n) is 19.4. The smallest absolute Gasteiger partial charge is 0.333 e. The maximum absolute atomic E-state index is 13.5. The van der Waals surface area contributed by atoms with Gasteiger partial charge in [0.05, 0.1) is 7.11 Å². The third kappa shape index (κ3) is 3.09. The molecule has 0 saturated heterocycles. The molecule has 32 heavy (non-hydrogen) atoms. The molecule has 2 fully saturated rings. The molecule has 6 atom stereocenters. The Morgan fingerprint density at radius 1 is 1.03 bits per heavy atom. The van der Waals surface area contributed by atoms with Crippen LogP contribution in [0, 0.1) is 34.5 Å². The molecule has 0 heterocycles. The van der Waals surface area contributed by atoms with Crippen molar-refractivity contribution < 1.29 is 19.4 Å². The monoisotopic (exact) mass is 434 g/mol. The largest absolute Gasteiger partial charge is 0.508 e. The van der Waals surface area contributed by atoms with Gasteiger partial charge in [-0.1, -0.05) is 19.9 Å². The van der Waals surface area contributed by atoms with E-state index in [2.05, 4.69) is 26.0 Å². The lowest BCUT2D eigenvalue weighted by molar-refractivity contribution is -0.136. The molecule has 0 aromatic heterocycles. The van der Waals surface area contributed by atoms with Crippen molar-refractivity contribution in [1.82, 2.24) is 0 Å². The number of rotatable bonds is 3. The highest BCUT2D eigenvalue weighted by Crippen LogP contribution is 2.66. The SMILES string of the molecule is COC(=O)C1=CC2=CC[C@H]3[C@@H]4CC[C@H](C(=O)c5ccc(O)cc5)[C@@]4(C)CC[C@@H]3[C@@]2(C)CC1. The van der Waals surface area contributed by atoms with Crippen molar-refractivity contribution in [3.05, 3.63) is 53.1 Å². The van der Waals surface area contributed by atoms with E-state index in [1.807, 2.05) is 0 Å². The molecule has 4 aliphatic carbocycles. The van der Waals surface area contributed by atoms with Gasteiger partial charge in [0.15, 0.2) is 5.78 Å². The van der Waals surface area contributed by atoms with Crippen molar-refractivity contribution in [3.63, 3.8) is 0 Å². The summed E-state index contributed by atoms with van der Waals surface area (Å²) in [4.78, 5) is 25.5. The van der Waals surface area contributed by atoms with Gasteiger partial charge in [0.2, 0.25) is 0 Å². The second-order valence-electron chi connectivity index (χ2n) is 10.9. The van der Waals surface area contributed by atoms with Crippen LogP contribution in [0.5, 0.6) is 5.75 Å². The molecule has 170 valence electrons. The lowest BCUT2D eigenvalue weighted by atomic mass is 9.47.